The largest absolute Gasteiger partial charge is 0.489 e. The molecule has 0 amide bonds. The molecule has 0 spiro atoms. The number of likely N-dealkylation sites (tertiary alicyclic amines) is 1. The standard InChI is InChI=1S/C24H30NO3/c1-24(2,3)28-23(26)22-13-8-15-25(22)16-14-19-11-7-12-21(17-19)27-18-20-9-5-4-6-10-20/h4-6,9-12,17,22H,8,13-16,18H2,1-3H3. The summed E-state index contributed by atoms with van der Waals surface area (Å²) in [6.45, 7) is 8.07. The number of benzene rings is 2. The van der Waals surface area contributed by atoms with Crippen LogP contribution in [0.3, 0.4) is 0 Å². The molecule has 2 aromatic carbocycles. The summed E-state index contributed by atoms with van der Waals surface area (Å²) in [6, 6.07) is 19.1. The Morgan fingerprint density at radius 1 is 1.18 bits per heavy atom. The second kappa shape index (κ2) is 9.24. The van der Waals surface area contributed by atoms with Crippen molar-refractivity contribution in [2.24, 2.45) is 0 Å². The molecular formula is C24H30NO3. The van der Waals surface area contributed by atoms with Gasteiger partial charge in [0.1, 0.15) is 24.0 Å². The first-order valence-corrected chi connectivity index (χ1v) is 10.0. The molecule has 1 atom stereocenters. The van der Waals surface area contributed by atoms with Crippen molar-refractivity contribution in [1.29, 1.82) is 0 Å². The molecule has 0 aliphatic carbocycles. The summed E-state index contributed by atoms with van der Waals surface area (Å²) in [5.74, 6) is 0.725. The summed E-state index contributed by atoms with van der Waals surface area (Å²) in [6.07, 6.45) is 2.77. The van der Waals surface area contributed by atoms with Crippen molar-refractivity contribution in [3.05, 3.63) is 65.7 Å². The van der Waals surface area contributed by atoms with Crippen molar-refractivity contribution in [3.63, 3.8) is 0 Å². The Labute approximate surface area is 168 Å². The van der Waals surface area contributed by atoms with Crippen molar-refractivity contribution >= 4 is 5.97 Å². The van der Waals surface area contributed by atoms with Crippen LogP contribution in [-0.4, -0.2) is 35.6 Å². The van der Waals surface area contributed by atoms with E-state index in [4.69, 9.17) is 9.47 Å². The highest BCUT2D eigenvalue weighted by Gasteiger charge is 2.33. The van der Waals surface area contributed by atoms with Crippen LogP contribution in [0.2, 0.25) is 0 Å². The third-order valence-electron chi connectivity index (χ3n) is 4.80. The van der Waals surface area contributed by atoms with Gasteiger partial charge in [-0.05, 0) is 75.9 Å². The fraction of sp³-hybridized carbons (Fsp3) is 0.458. The molecule has 1 unspecified atom stereocenters. The van der Waals surface area contributed by atoms with E-state index in [2.05, 4.69) is 29.2 Å². The first-order chi connectivity index (χ1) is 13.4. The van der Waals surface area contributed by atoms with Crippen LogP contribution in [0, 0.1) is 6.07 Å². The van der Waals surface area contributed by atoms with Gasteiger partial charge in [0.2, 0.25) is 0 Å². The van der Waals surface area contributed by atoms with Gasteiger partial charge in [-0.2, -0.15) is 0 Å². The molecule has 1 aliphatic heterocycles. The molecule has 28 heavy (non-hydrogen) atoms. The lowest BCUT2D eigenvalue weighted by molar-refractivity contribution is -0.160. The third kappa shape index (κ3) is 6.10. The van der Waals surface area contributed by atoms with Crippen LogP contribution in [0.4, 0.5) is 0 Å². The first kappa shape index (κ1) is 20.4. The van der Waals surface area contributed by atoms with Gasteiger partial charge in [0.25, 0.3) is 0 Å². The fourth-order valence-electron chi connectivity index (χ4n) is 3.47. The molecule has 0 aromatic heterocycles. The third-order valence-corrected chi connectivity index (χ3v) is 4.80. The molecule has 0 saturated carbocycles. The average Bonchev–Trinajstić information content (AvgIpc) is 3.13. The van der Waals surface area contributed by atoms with E-state index in [-0.39, 0.29) is 12.0 Å². The molecule has 2 aromatic rings. The van der Waals surface area contributed by atoms with Crippen LogP contribution < -0.4 is 4.74 Å². The fourth-order valence-corrected chi connectivity index (χ4v) is 3.47. The SMILES string of the molecule is CC(C)(C)OC(=O)C1CCCN1CCc1c[c]cc(OCc2ccccc2)c1. The summed E-state index contributed by atoms with van der Waals surface area (Å²) >= 11 is 0. The van der Waals surface area contributed by atoms with Crippen LogP contribution in [0.1, 0.15) is 44.7 Å². The number of carbonyl (C=O) groups excluding carboxylic acids is 1. The molecule has 1 saturated heterocycles. The van der Waals surface area contributed by atoms with Gasteiger partial charge in [0.05, 0.1) is 0 Å². The van der Waals surface area contributed by atoms with Crippen molar-refractivity contribution in [2.75, 3.05) is 13.1 Å². The number of hydrogen-bond donors (Lipinski definition) is 0. The highest BCUT2D eigenvalue weighted by Crippen LogP contribution is 2.22. The monoisotopic (exact) mass is 380 g/mol. The van der Waals surface area contributed by atoms with Crippen LogP contribution in [0.25, 0.3) is 0 Å². The van der Waals surface area contributed by atoms with Gasteiger partial charge in [-0.3, -0.25) is 9.69 Å². The molecule has 4 heteroatoms. The van der Waals surface area contributed by atoms with Crippen LogP contribution in [-0.2, 0) is 22.6 Å². The predicted octanol–water partition coefficient (Wildman–Crippen LogP) is 4.41. The zero-order valence-electron chi connectivity index (χ0n) is 17.1. The van der Waals surface area contributed by atoms with Gasteiger partial charge >= 0.3 is 5.97 Å². The lowest BCUT2D eigenvalue weighted by Crippen LogP contribution is -2.41. The maximum atomic E-state index is 12.5. The zero-order valence-corrected chi connectivity index (χ0v) is 17.1. The summed E-state index contributed by atoms with van der Waals surface area (Å²) < 4.78 is 11.5. The van der Waals surface area contributed by atoms with Crippen LogP contribution in [0.5, 0.6) is 5.75 Å². The lowest BCUT2D eigenvalue weighted by atomic mass is 10.1. The van der Waals surface area contributed by atoms with Crippen molar-refractivity contribution < 1.29 is 14.3 Å². The van der Waals surface area contributed by atoms with Crippen molar-refractivity contribution in [2.45, 2.75) is 58.3 Å². The molecule has 3 rings (SSSR count). The minimum absolute atomic E-state index is 0.100. The Balaban J connectivity index is 1.53. The Bertz CT molecular complexity index is 767. The predicted molar refractivity (Wildman–Crippen MR) is 110 cm³/mol. The Morgan fingerprint density at radius 3 is 2.71 bits per heavy atom. The highest BCUT2D eigenvalue weighted by molar-refractivity contribution is 5.76. The summed E-state index contributed by atoms with van der Waals surface area (Å²) in [5, 5.41) is 0. The van der Waals surface area contributed by atoms with Crippen molar-refractivity contribution in [1.82, 2.24) is 4.90 Å². The summed E-state index contributed by atoms with van der Waals surface area (Å²) in [7, 11) is 0. The smallest absolute Gasteiger partial charge is 0.323 e. The quantitative estimate of drug-likeness (QED) is 0.667. The van der Waals surface area contributed by atoms with E-state index in [9.17, 15) is 4.79 Å². The number of hydrogen-bond acceptors (Lipinski definition) is 4. The van der Waals surface area contributed by atoms with Gasteiger partial charge in [0, 0.05) is 6.54 Å². The van der Waals surface area contributed by atoms with Gasteiger partial charge < -0.3 is 9.47 Å². The van der Waals surface area contributed by atoms with E-state index in [0.29, 0.717) is 6.61 Å². The second-order valence-electron chi connectivity index (χ2n) is 8.33. The topological polar surface area (TPSA) is 38.8 Å². The van der Waals surface area contributed by atoms with Gasteiger partial charge in [0.15, 0.2) is 0 Å². The zero-order chi connectivity index (χ0) is 20.0. The Hall–Kier alpha value is -2.33. The molecule has 1 radical (unpaired) electrons. The summed E-state index contributed by atoms with van der Waals surface area (Å²) in [4.78, 5) is 14.7. The lowest BCUT2D eigenvalue weighted by Gasteiger charge is -2.27. The maximum Gasteiger partial charge on any atom is 0.323 e. The molecule has 1 fully saturated rings. The van der Waals surface area contributed by atoms with E-state index < -0.39 is 5.60 Å². The van der Waals surface area contributed by atoms with E-state index >= 15 is 0 Å². The minimum atomic E-state index is -0.440. The van der Waals surface area contributed by atoms with Gasteiger partial charge in [-0.25, -0.2) is 0 Å². The number of nitrogens with zero attached hydrogens (tertiary/aromatic N) is 1. The maximum absolute atomic E-state index is 12.5. The minimum Gasteiger partial charge on any atom is -0.489 e. The first-order valence-electron chi connectivity index (χ1n) is 10.0. The van der Waals surface area contributed by atoms with Crippen LogP contribution in [0.15, 0.2) is 48.5 Å². The van der Waals surface area contributed by atoms with Crippen LogP contribution >= 0.6 is 0 Å². The molecule has 0 bridgehead atoms. The Kier molecular flexibility index (Phi) is 6.74. The highest BCUT2D eigenvalue weighted by atomic mass is 16.6. The number of carbonyl (C=O) groups is 1. The number of rotatable bonds is 7. The van der Waals surface area contributed by atoms with Gasteiger partial charge in [-0.1, -0.05) is 36.4 Å². The Morgan fingerprint density at radius 2 is 1.96 bits per heavy atom. The van der Waals surface area contributed by atoms with E-state index in [1.807, 2.05) is 51.1 Å². The molecule has 1 heterocycles. The van der Waals surface area contributed by atoms with Crippen molar-refractivity contribution in [3.8, 4) is 5.75 Å². The number of ether oxygens (including phenoxy) is 2. The average molecular weight is 381 g/mol. The molecule has 4 nitrogen and oxygen atoms in total. The second-order valence-corrected chi connectivity index (χ2v) is 8.33. The molecule has 1 aliphatic rings. The summed E-state index contributed by atoms with van der Waals surface area (Å²) in [5.41, 5.74) is 1.87. The molecule has 149 valence electrons. The van der Waals surface area contributed by atoms with E-state index in [1.165, 1.54) is 5.56 Å². The van der Waals surface area contributed by atoms with Gasteiger partial charge in [-0.15, -0.1) is 0 Å². The molecule has 0 N–H and O–H groups in total. The number of esters is 1. The molecular weight excluding hydrogens is 350 g/mol. The van der Waals surface area contributed by atoms with E-state index in [1.54, 1.807) is 0 Å². The van der Waals surface area contributed by atoms with E-state index in [0.717, 1.165) is 43.7 Å². The normalized spacial score (nSPS) is 17.5.